The second-order valence-corrected chi connectivity index (χ2v) is 5.45. The number of benzene rings is 1. The lowest BCUT2D eigenvalue weighted by Crippen LogP contribution is -1.88. The molecular formula is C12H14FNS. The van der Waals surface area contributed by atoms with Gasteiger partial charge in [0.15, 0.2) is 0 Å². The summed E-state index contributed by atoms with van der Waals surface area (Å²) in [7, 11) is 0. The van der Waals surface area contributed by atoms with Crippen LogP contribution >= 0.6 is 11.8 Å². The van der Waals surface area contributed by atoms with Crippen LogP contribution < -0.4 is 0 Å². The Hall–Kier alpha value is -0.960. The maximum atomic E-state index is 12.9. The smallest absolute Gasteiger partial charge is 0.123 e. The predicted molar refractivity (Wildman–Crippen MR) is 64.7 cm³/mol. The Balaban J connectivity index is 2.23. The molecule has 1 aromatic carbocycles. The second kappa shape index (κ2) is 4.27. The molecule has 0 amide bonds. The summed E-state index contributed by atoms with van der Waals surface area (Å²) in [6, 6.07) is 6.86. The number of fused-ring (bicyclic) bond motifs is 1. The molecule has 0 saturated carbocycles. The molecule has 2 rings (SSSR count). The third kappa shape index (κ3) is 2.53. The maximum Gasteiger partial charge on any atom is 0.123 e. The van der Waals surface area contributed by atoms with Gasteiger partial charge in [0, 0.05) is 22.3 Å². The first-order valence-electron chi connectivity index (χ1n) is 5.04. The summed E-state index contributed by atoms with van der Waals surface area (Å²) in [5, 5.41) is 1.57. The Labute approximate surface area is 93.1 Å². The number of nitrogens with one attached hydrogen (secondary N) is 1. The highest BCUT2D eigenvalue weighted by molar-refractivity contribution is 7.99. The van der Waals surface area contributed by atoms with Crippen LogP contribution in [0.5, 0.6) is 0 Å². The molecule has 0 aliphatic heterocycles. The van der Waals surface area contributed by atoms with E-state index in [1.54, 1.807) is 12.1 Å². The normalized spacial score (nSPS) is 11.5. The fourth-order valence-corrected chi connectivity index (χ4v) is 2.17. The number of aromatic amines is 1. The van der Waals surface area contributed by atoms with Crippen LogP contribution in [0.15, 0.2) is 24.3 Å². The van der Waals surface area contributed by atoms with E-state index in [0.717, 1.165) is 22.3 Å². The Morgan fingerprint density at radius 2 is 2.13 bits per heavy atom. The van der Waals surface area contributed by atoms with Crippen molar-refractivity contribution in [1.29, 1.82) is 0 Å². The highest BCUT2D eigenvalue weighted by Crippen LogP contribution is 2.21. The summed E-state index contributed by atoms with van der Waals surface area (Å²) in [6.45, 7) is 4.35. The van der Waals surface area contributed by atoms with Gasteiger partial charge in [-0.05, 0) is 29.5 Å². The van der Waals surface area contributed by atoms with Crippen molar-refractivity contribution in [1.82, 2.24) is 4.98 Å². The van der Waals surface area contributed by atoms with Crippen LogP contribution in [0.1, 0.15) is 19.5 Å². The van der Waals surface area contributed by atoms with Gasteiger partial charge in [-0.2, -0.15) is 11.8 Å². The Kier molecular flexibility index (Phi) is 3.00. The third-order valence-corrected chi connectivity index (χ3v) is 3.36. The lowest BCUT2D eigenvalue weighted by atomic mass is 10.2. The molecule has 0 atom stereocenters. The average molecular weight is 223 g/mol. The SMILES string of the molecule is CC(C)SCc1cc2cc(F)ccc2[nH]1. The molecule has 0 bridgehead atoms. The van der Waals surface area contributed by atoms with Crippen LogP contribution in [0.2, 0.25) is 0 Å². The van der Waals surface area contributed by atoms with Gasteiger partial charge in [-0.15, -0.1) is 0 Å². The lowest BCUT2D eigenvalue weighted by molar-refractivity contribution is 0.630. The number of thioether (sulfide) groups is 1. The van der Waals surface area contributed by atoms with E-state index < -0.39 is 0 Å². The predicted octanol–water partition coefficient (Wildman–Crippen LogP) is 3.95. The third-order valence-electron chi connectivity index (χ3n) is 2.21. The van der Waals surface area contributed by atoms with Gasteiger partial charge in [-0.1, -0.05) is 13.8 Å². The quantitative estimate of drug-likeness (QED) is 0.833. The Morgan fingerprint density at radius 1 is 1.33 bits per heavy atom. The fourth-order valence-electron chi connectivity index (χ4n) is 1.50. The number of aromatic nitrogens is 1. The van der Waals surface area contributed by atoms with E-state index in [-0.39, 0.29) is 5.82 Å². The van der Waals surface area contributed by atoms with Gasteiger partial charge in [0.2, 0.25) is 0 Å². The zero-order valence-electron chi connectivity index (χ0n) is 8.88. The van der Waals surface area contributed by atoms with Crippen molar-refractivity contribution in [3.8, 4) is 0 Å². The molecule has 1 nitrogen and oxygen atoms in total. The van der Waals surface area contributed by atoms with Crippen molar-refractivity contribution >= 4 is 22.7 Å². The summed E-state index contributed by atoms with van der Waals surface area (Å²) in [4.78, 5) is 3.29. The zero-order chi connectivity index (χ0) is 10.8. The van der Waals surface area contributed by atoms with Crippen molar-refractivity contribution in [3.05, 3.63) is 35.8 Å². The van der Waals surface area contributed by atoms with Crippen LogP contribution in [0, 0.1) is 5.82 Å². The molecule has 0 radical (unpaired) electrons. The molecule has 1 heterocycles. The molecule has 3 heteroatoms. The van der Waals surface area contributed by atoms with Crippen LogP contribution in [0.4, 0.5) is 4.39 Å². The summed E-state index contributed by atoms with van der Waals surface area (Å²) in [5.41, 5.74) is 2.17. The zero-order valence-corrected chi connectivity index (χ0v) is 9.70. The van der Waals surface area contributed by atoms with Crippen molar-refractivity contribution < 1.29 is 4.39 Å². The molecular weight excluding hydrogens is 209 g/mol. The van der Waals surface area contributed by atoms with Crippen LogP contribution in [0.3, 0.4) is 0 Å². The van der Waals surface area contributed by atoms with Gasteiger partial charge in [-0.25, -0.2) is 4.39 Å². The number of H-pyrrole nitrogens is 1. The highest BCUT2D eigenvalue weighted by Gasteiger charge is 2.03. The van der Waals surface area contributed by atoms with Crippen LogP contribution in [-0.2, 0) is 5.75 Å². The molecule has 80 valence electrons. The summed E-state index contributed by atoms with van der Waals surface area (Å²) in [6.07, 6.45) is 0. The van der Waals surface area contributed by atoms with E-state index in [0.29, 0.717) is 5.25 Å². The van der Waals surface area contributed by atoms with E-state index in [9.17, 15) is 4.39 Å². The van der Waals surface area contributed by atoms with Gasteiger partial charge >= 0.3 is 0 Å². The maximum absolute atomic E-state index is 12.9. The second-order valence-electron chi connectivity index (χ2n) is 3.89. The van der Waals surface area contributed by atoms with Gasteiger partial charge in [0.25, 0.3) is 0 Å². The average Bonchev–Trinajstić information content (AvgIpc) is 2.56. The molecule has 0 aliphatic carbocycles. The summed E-state index contributed by atoms with van der Waals surface area (Å²) in [5.74, 6) is 0.776. The first-order valence-corrected chi connectivity index (χ1v) is 6.09. The fraction of sp³-hybridized carbons (Fsp3) is 0.333. The minimum Gasteiger partial charge on any atom is -0.358 e. The topological polar surface area (TPSA) is 15.8 Å². The minimum absolute atomic E-state index is 0.176. The van der Waals surface area contributed by atoms with E-state index in [1.165, 1.54) is 6.07 Å². The molecule has 0 spiro atoms. The van der Waals surface area contributed by atoms with E-state index in [2.05, 4.69) is 18.8 Å². The van der Waals surface area contributed by atoms with E-state index in [1.807, 2.05) is 17.8 Å². The van der Waals surface area contributed by atoms with Gasteiger partial charge in [-0.3, -0.25) is 0 Å². The van der Waals surface area contributed by atoms with Crippen LogP contribution in [0.25, 0.3) is 10.9 Å². The Bertz CT molecular complexity index is 462. The van der Waals surface area contributed by atoms with Crippen LogP contribution in [-0.4, -0.2) is 10.2 Å². The molecule has 0 unspecified atom stereocenters. The molecule has 1 N–H and O–H groups in total. The number of rotatable bonds is 3. The molecule has 0 saturated heterocycles. The van der Waals surface area contributed by atoms with Crippen molar-refractivity contribution in [3.63, 3.8) is 0 Å². The molecule has 15 heavy (non-hydrogen) atoms. The highest BCUT2D eigenvalue weighted by atomic mass is 32.2. The number of hydrogen-bond donors (Lipinski definition) is 1. The monoisotopic (exact) mass is 223 g/mol. The first-order chi connectivity index (χ1) is 7.15. The van der Waals surface area contributed by atoms with E-state index >= 15 is 0 Å². The first kappa shape index (κ1) is 10.6. The lowest BCUT2D eigenvalue weighted by Gasteiger charge is -2.01. The van der Waals surface area contributed by atoms with Crippen molar-refractivity contribution in [2.24, 2.45) is 0 Å². The van der Waals surface area contributed by atoms with Gasteiger partial charge in [0.1, 0.15) is 5.82 Å². The molecule has 2 aromatic rings. The molecule has 1 aromatic heterocycles. The standard InChI is InChI=1S/C12H14FNS/c1-8(2)15-7-11-6-9-5-10(13)3-4-12(9)14-11/h3-6,8,14H,7H2,1-2H3. The number of hydrogen-bond acceptors (Lipinski definition) is 1. The van der Waals surface area contributed by atoms with Gasteiger partial charge < -0.3 is 4.98 Å². The Morgan fingerprint density at radius 3 is 2.87 bits per heavy atom. The van der Waals surface area contributed by atoms with E-state index in [4.69, 9.17) is 0 Å². The molecule has 0 aliphatic rings. The van der Waals surface area contributed by atoms with Gasteiger partial charge in [0.05, 0.1) is 0 Å². The minimum atomic E-state index is -0.176. The van der Waals surface area contributed by atoms with Crippen molar-refractivity contribution in [2.75, 3.05) is 0 Å². The number of halogens is 1. The molecule has 0 fully saturated rings. The summed E-state index contributed by atoms with van der Waals surface area (Å²) < 4.78 is 12.9. The van der Waals surface area contributed by atoms with Crippen molar-refractivity contribution in [2.45, 2.75) is 24.9 Å². The summed E-state index contributed by atoms with van der Waals surface area (Å²) >= 11 is 1.88. The largest absolute Gasteiger partial charge is 0.358 e.